The van der Waals surface area contributed by atoms with E-state index in [1.54, 1.807) is 0 Å². The molecule has 0 unspecified atom stereocenters. The van der Waals surface area contributed by atoms with Gasteiger partial charge in [-0.1, -0.05) is 12.8 Å². The Balaban J connectivity index is 0.000000605. The lowest BCUT2D eigenvalue weighted by atomic mass is 10.0. The van der Waals surface area contributed by atoms with Gasteiger partial charge in [0, 0.05) is 13.1 Å². The van der Waals surface area contributed by atoms with Crippen LogP contribution < -0.4 is 5.32 Å². The summed E-state index contributed by atoms with van der Waals surface area (Å²) in [6, 6.07) is 0. The van der Waals surface area contributed by atoms with E-state index in [0.717, 1.165) is 19.7 Å². The predicted molar refractivity (Wildman–Crippen MR) is 47.3 cm³/mol. The van der Waals surface area contributed by atoms with Crippen molar-refractivity contribution in [2.75, 3.05) is 19.7 Å². The SMILES string of the molecule is C1CCC2(C1)CNCCO2.Cl. The van der Waals surface area contributed by atoms with Gasteiger partial charge in [-0.25, -0.2) is 0 Å². The molecule has 1 N–H and O–H groups in total. The first-order chi connectivity index (χ1) is 4.91. The van der Waals surface area contributed by atoms with Gasteiger partial charge in [0.05, 0.1) is 12.2 Å². The van der Waals surface area contributed by atoms with Crippen LogP contribution in [0.1, 0.15) is 25.7 Å². The Morgan fingerprint density at radius 3 is 2.45 bits per heavy atom. The fourth-order valence-electron chi connectivity index (χ4n) is 2.05. The second-order valence-electron chi connectivity index (χ2n) is 3.42. The molecule has 3 heteroatoms. The maximum absolute atomic E-state index is 5.76. The summed E-state index contributed by atoms with van der Waals surface area (Å²) in [5.74, 6) is 0. The highest BCUT2D eigenvalue weighted by Gasteiger charge is 2.35. The van der Waals surface area contributed by atoms with Gasteiger partial charge in [-0.2, -0.15) is 0 Å². The van der Waals surface area contributed by atoms with Crippen LogP contribution in [-0.2, 0) is 4.74 Å². The van der Waals surface area contributed by atoms with Crippen molar-refractivity contribution < 1.29 is 4.74 Å². The smallest absolute Gasteiger partial charge is 0.0806 e. The van der Waals surface area contributed by atoms with Crippen molar-refractivity contribution >= 4 is 12.4 Å². The summed E-state index contributed by atoms with van der Waals surface area (Å²) in [6.45, 7) is 3.05. The second-order valence-corrected chi connectivity index (χ2v) is 3.42. The second kappa shape index (κ2) is 3.74. The van der Waals surface area contributed by atoms with Gasteiger partial charge in [-0.15, -0.1) is 12.4 Å². The van der Waals surface area contributed by atoms with Gasteiger partial charge < -0.3 is 10.1 Å². The van der Waals surface area contributed by atoms with Crippen LogP contribution in [-0.4, -0.2) is 25.3 Å². The van der Waals surface area contributed by atoms with E-state index in [-0.39, 0.29) is 18.0 Å². The Hall–Kier alpha value is 0.210. The Morgan fingerprint density at radius 1 is 1.18 bits per heavy atom. The third kappa shape index (κ3) is 1.86. The van der Waals surface area contributed by atoms with Gasteiger partial charge in [0.15, 0.2) is 0 Å². The molecule has 66 valence electrons. The van der Waals surface area contributed by atoms with Gasteiger partial charge >= 0.3 is 0 Å². The molecule has 2 rings (SSSR count). The molecular weight excluding hydrogens is 162 g/mol. The van der Waals surface area contributed by atoms with Crippen LogP contribution in [0, 0.1) is 0 Å². The molecule has 0 atom stereocenters. The van der Waals surface area contributed by atoms with Crippen molar-refractivity contribution in [3.63, 3.8) is 0 Å². The lowest BCUT2D eigenvalue weighted by Crippen LogP contribution is -2.47. The summed E-state index contributed by atoms with van der Waals surface area (Å²) in [6.07, 6.45) is 5.28. The van der Waals surface area contributed by atoms with E-state index in [9.17, 15) is 0 Å². The Kier molecular flexibility index (Phi) is 3.16. The first-order valence-corrected chi connectivity index (χ1v) is 4.26. The summed E-state index contributed by atoms with van der Waals surface area (Å²) in [5, 5.41) is 3.39. The molecule has 0 aromatic heterocycles. The van der Waals surface area contributed by atoms with Crippen LogP contribution in [0.15, 0.2) is 0 Å². The number of hydrogen-bond acceptors (Lipinski definition) is 2. The fraction of sp³-hybridized carbons (Fsp3) is 1.00. The van der Waals surface area contributed by atoms with Crippen LogP contribution in [0.2, 0.25) is 0 Å². The maximum atomic E-state index is 5.76. The Morgan fingerprint density at radius 2 is 1.91 bits per heavy atom. The van der Waals surface area contributed by atoms with Crippen LogP contribution in [0.3, 0.4) is 0 Å². The molecule has 11 heavy (non-hydrogen) atoms. The van der Waals surface area contributed by atoms with E-state index in [1.807, 2.05) is 0 Å². The van der Waals surface area contributed by atoms with Gasteiger partial charge in [-0.05, 0) is 12.8 Å². The Labute approximate surface area is 74.1 Å². The van der Waals surface area contributed by atoms with E-state index in [2.05, 4.69) is 5.32 Å². The van der Waals surface area contributed by atoms with Gasteiger partial charge in [0.2, 0.25) is 0 Å². The van der Waals surface area contributed by atoms with Crippen molar-refractivity contribution in [3.8, 4) is 0 Å². The molecule has 0 bridgehead atoms. The van der Waals surface area contributed by atoms with Gasteiger partial charge in [0.1, 0.15) is 0 Å². The number of nitrogens with one attached hydrogen (secondary N) is 1. The van der Waals surface area contributed by atoms with Gasteiger partial charge in [0.25, 0.3) is 0 Å². The average molecular weight is 178 g/mol. The number of halogens is 1. The highest BCUT2D eigenvalue weighted by atomic mass is 35.5. The lowest BCUT2D eigenvalue weighted by molar-refractivity contribution is -0.0603. The molecule has 0 radical (unpaired) electrons. The minimum atomic E-state index is 0. The molecular formula is C8H16ClNO. The summed E-state index contributed by atoms with van der Waals surface area (Å²) in [5.41, 5.74) is 0.262. The number of rotatable bonds is 0. The molecule has 1 saturated heterocycles. The van der Waals surface area contributed by atoms with E-state index in [0.29, 0.717) is 0 Å². The zero-order valence-corrected chi connectivity index (χ0v) is 7.58. The molecule has 2 fully saturated rings. The Bertz CT molecular complexity index is 115. The van der Waals surface area contributed by atoms with Crippen molar-refractivity contribution in [3.05, 3.63) is 0 Å². The normalized spacial score (nSPS) is 28.4. The third-order valence-electron chi connectivity index (χ3n) is 2.65. The standard InChI is InChI=1S/C8H15NO.ClH/c1-2-4-8(3-1)7-9-5-6-10-8;/h9H,1-7H2;1H. The van der Waals surface area contributed by atoms with Crippen molar-refractivity contribution in [2.45, 2.75) is 31.3 Å². The van der Waals surface area contributed by atoms with Crippen LogP contribution in [0.4, 0.5) is 0 Å². The molecule has 1 aliphatic heterocycles. The molecule has 0 aromatic carbocycles. The zero-order valence-electron chi connectivity index (χ0n) is 6.77. The topological polar surface area (TPSA) is 21.3 Å². The van der Waals surface area contributed by atoms with E-state index in [1.165, 1.54) is 25.7 Å². The number of morpholine rings is 1. The average Bonchev–Trinajstić information content (AvgIpc) is 2.39. The number of hydrogen-bond donors (Lipinski definition) is 1. The summed E-state index contributed by atoms with van der Waals surface area (Å²) >= 11 is 0. The first-order valence-electron chi connectivity index (χ1n) is 4.26. The van der Waals surface area contributed by atoms with Crippen LogP contribution >= 0.6 is 12.4 Å². The van der Waals surface area contributed by atoms with Gasteiger partial charge in [-0.3, -0.25) is 0 Å². The number of ether oxygens (including phenoxy) is 1. The minimum absolute atomic E-state index is 0. The quantitative estimate of drug-likeness (QED) is 0.603. The molecule has 2 aliphatic rings. The molecule has 0 amide bonds. The fourth-order valence-corrected chi connectivity index (χ4v) is 2.05. The molecule has 1 heterocycles. The monoisotopic (exact) mass is 177 g/mol. The maximum Gasteiger partial charge on any atom is 0.0806 e. The largest absolute Gasteiger partial charge is 0.372 e. The van der Waals surface area contributed by atoms with Crippen molar-refractivity contribution in [1.29, 1.82) is 0 Å². The molecule has 1 spiro atoms. The molecule has 1 aliphatic carbocycles. The first kappa shape index (κ1) is 9.30. The third-order valence-corrected chi connectivity index (χ3v) is 2.65. The van der Waals surface area contributed by atoms with E-state index < -0.39 is 0 Å². The van der Waals surface area contributed by atoms with Crippen LogP contribution in [0.5, 0.6) is 0 Å². The van der Waals surface area contributed by atoms with Crippen molar-refractivity contribution in [2.24, 2.45) is 0 Å². The van der Waals surface area contributed by atoms with Crippen LogP contribution in [0.25, 0.3) is 0 Å². The highest BCUT2D eigenvalue weighted by Crippen LogP contribution is 2.33. The summed E-state index contributed by atoms with van der Waals surface area (Å²) in [7, 11) is 0. The lowest BCUT2D eigenvalue weighted by Gasteiger charge is -2.33. The molecule has 1 saturated carbocycles. The minimum Gasteiger partial charge on any atom is -0.372 e. The van der Waals surface area contributed by atoms with Crippen molar-refractivity contribution in [1.82, 2.24) is 5.32 Å². The highest BCUT2D eigenvalue weighted by molar-refractivity contribution is 5.85. The van der Waals surface area contributed by atoms with E-state index >= 15 is 0 Å². The predicted octanol–water partition coefficient (Wildman–Crippen LogP) is 1.34. The molecule has 0 aromatic rings. The zero-order chi connectivity index (χ0) is 6.86. The summed E-state index contributed by atoms with van der Waals surface area (Å²) in [4.78, 5) is 0. The van der Waals surface area contributed by atoms with E-state index in [4.69, 9.17) is 4.74 Å². The molecule has 2 nitrogen and oxygen atoms in total. The summed E-state index contributed by atoms with van der Waals surface area (Å²) < 4.78 is 5.76.